The average molecular weight is 1160 g/mol. The molecule has 1 fully saturated rings. The second kappa shape index (κ2) is 62.5. The molecule has 1 saturated heterocycles. The second-order valence-electron chi connectivity index (χ2n) is 25.4. The van der Waals surface area contributed by atoms with Gasteiger partial charge in [-0.05, 0) is 44.9 Å². The zero-order valence-corrected chi connectivity index (χ0v) is 54.3. The van der Waals surface area contributed by atoms with E-state index in [2.05, 4.69) is 43.5 Å². The summed E-state index contributed by atoms with van der Waals surface area (Å²) in [7, 11) is 0. The highest BCUT2D eigenvalue weighted by atomic mass is 16.7. The summed E-state index contributed by atoms with van der Waals surface area (Å²) >= 11 is 0. The Labute approximate surface area is 508 Å². The number of allylic oxidation sites excluding steroid dienone is 5. The quantitative estimate of drug-likeness (QED) is 0.0261. The predicted molar refractivity (Wildman–Crippen MR) is 350 cm³/mol. The molecule has 0 aliphatic carbocycles. The fourth-order valence-corrected chi connectivity index (χ4v) is 11.8. The first kappa shape index (κ1) is 78.4. The van der Waals surface area contributed by atoms with Gasteiger partial charge in [0.25, 0.3) is 0 Å². The maximum atomic E-state index is 13.1. The van der Waals surface area contributed by atoms with Crippen LogP contribution in [0.2, 0.25) is 0 Å². The Morgan fingerprint density at radius 2 is 0.695 bits per heavy atom. The van der Waals surface area contributed by atoms with Crippen LogP contribution in [-0.4, -0.2) is 87.5 Å². The Balaban J connectivity index is 2.14. The number of rotatable bonds is 64. The number of aliphatic hydroxyl groups is 5. The molecule has 9 nitrogen and oxygen atoms in total. The molecule has 82 heavy (non-hydrogen) atoms. The number of aliphatic hydroxyl groups excluding tert-OH is 5. The van der Waals surface area contributed by atoms with E-state index in [0.717, 1.165) is 44.9 Å². The van der Waals surface area contributed by atoms with Crippen LogP contribution >= 0.6 is 0 Å². The summed E-state index contributed by atoms with van der Waals surface area (Å²) < 4.78 is 11.3. The molecular weight excluding hydrogens is 1020 g/mol. The van der Waals surface area contributed by atoms with Gasteiger partial charge in [0.05, 0.1) is 25.4 Å². The molecular formula is C73H139NO8. The Bertz CT molecular complexity index is 1390. The van der Waals surface area contributed by atoms with Crippen molar-refractivity contribution < 1.29 is 39.8 Å². The third-order valence-electron chi connectivity index (χ3n) is 17.4. The van der Waals surface area contributed by atoms with Crippen LogP contribution in [0.5, 0.6) is 0 Å². The summed E-state index contributed by atoms with van der Waals surface area (Å²) in [6.07, 6.45) is 77.0. The van der Waals surface area contributed by atoms with Crippen LogP contribution in [0.25, 0.3) is 0 Å². The van der Waals surface area contributed by atoms with Crippen molar-refractivity contribution in [3.63, 3.8) is 0 Å². The van der Waals surface area contributed by atoms with E-state index in [1.54, 1.807) is 6.08 Å². The largest absolute Gasteiger partial charge is 0.394 e. The smallest absolute Gasteiger partial charge is 0.220 e. The summed E-state index contributed by atoms with van der Waals surface area (Å²) in [6, 6.07) is -0.828. The molecule has 0 saturated carbocycles. The van der Waals surface area contributed by atoms with Gasteiger partial charge in [0, 0.05) is 6.42 Å². The summed E-state index contributed by atoms with van der Waals surface area (Å²) in [5, 5.41) is 54.7. The van der Waals surface area contributed by atoms with Crippen molar-refractivity contribution >= 4 is 5.91 Å². The van der Waals surface area contributed by atoms with E-state index >= 15 is 0 Å². The van der Waals surface area contributed by atoms with E-state index in [1.807, 2.05) is 6.08 Å². The molecule has 0 aromatic carbocycles. The van der Waals surface area contributed by atoms with Gasteiger partial charge in [-0.2, -0.15) is 0 Å². The second-order valence-corrected chi connectivity index (χ2v) is 25.4. The van der Waals surface area contributed by atoms with Gasteiger partial charge in [0.1, 0.15) is 24.4 Å². The van der Waals surface area contributed by atoms with E-state index in [9.17, 15) is 30.3 Å². The number of hydrogen-bond donors (Lipinski definition) is 6. The van der Waals surface area contributed by atoms with Crippen molar-refractivity contribution in [1.82, 2.24) is 5.32 Å². The van der Waals surface area contributed by atoms with Gasteiger partial charge in [0.15, 0.2) is 6.29 Å². The molecule has 1 aliphatic rings. The molecule has 1 amide bonds. The normalized spacial score (nSPS) is 18.5. The first-order valence-corrected chi connectivity index (χ1v) is 36.2. The molecule has 1 heterocycles. The Morgan fingerprint density at radius 1 is 0.402 bits per heavy atom. The molecule has 0 aromatic heterocycles. The Kier molecular flexibility index (Phi) is 59.7. The molecule has 1 rings (SSSR count). The summed E-state index contributed by atoms with van der Waals surface area (Å²) in [5.41, 5.74) is 0. The highest BCUT2D eigenvalue weighted by Crippen LogP contribution is 2.24. The minimum atomic E-state index is -1.57. The fraction of sp³-hybridized carbons (Fsp3) is 0.904. The molecule has 0 bridgehead atoms. The van der Waals surface area contributed by atoms with Crippen molar-refractivity contribution in [3.8, 4) is 0 Å². The maximum Gasteiger partial charge on any atom is 0.220 e. The van der Waals surface area contributed by atoms with Gasteiger partial charge in [-0.3, -0.25) is 4.79 Å². The van der Waals surface area contributed by atoms with Crippen molar-refractivity contribution in [3.05, 3.63) is 36.5 Å². The minimum absolute atomic E-state index is 0.183. The number of carbonyl (C=O) groups is 1. The lowest BCUT2D eigenvalue weighted by Crippen LogP contribution is -2.60. The van der Waals surface area contributed by atoms with E-state index in [4.69, 9.17) is 9.47 Å². The van der Waals surface area contributed by atoms with Crippen LogP contribution in [0.3, 0.4) is 0 Å². The first-order chi connectivity index (χ1) is 40.3. The molecule has 1 aliphatic heterocycles. The number of nitrogens with one attached hydrogen (secondary N) is 1. The third-order valence-corrected chi connectivity index (χ3v) is 17.4. The predicted octanol–water partition coefficient (Wildman–Crippen LogP) is 19.8. The highest BCUT2D eigenvalue weighted by Gasteiger charge is 2.44. The summed E-state index contributed by atoms with van der Waals surface area (Å²) in [5.74, 6) is -0.183. The standard InChI is InChI=1S/C73H139NO8/c1-3-5-7-9-11-13-15-17-19-21-23-25-27-29-31-33-34-35-37-39-41-43-45-47-49-51-53-55-57-59-61-63-69(77)74-66(65-81-73-72(80)71(79)70(78)68(64-75)82-73)67(76)62-60-58-56-54-52-50-48-46-44-42-40-38-36-32-30-28-26-24-22-20-18-16-14-12-10-8-6-4-2/h44,46,52,54,60,62,66-68,70-73,75-76,78-80H,3-43,45,47-51,53,55-59,61,63-65H2,1-2H3,(H,74,77)/b46-44+,54-52+,62-60+. The number of unbranched alkanes of at least 4 members (excludes halogenated alkanes) is 50. The molecule has 484 valence electrons. The van der Waals surface area contributed by atoms with Gasteiger partial charge < -0.3 is 40.3 Å². The van der Waals surface area contributed by atoms with Crippen LogP contribution in [0.15, 0.2) is 36.5 Å². The molecule has 7 atom stereocenters. The van der Waals surface area contributed by atoms with Gasteiger partial charge in [-0.1, -0.05) is 352 Å². The molecule has 0 radical (unpaired) electrons. The highest BCUT2D eigenvalue weighted by molar-refractivity contribution is 5.76. The SMILES string of the molecule is CCCCCCCCCCCCCCCCCCCC/C=C/CC/C=C/CC/C=C/C(O)C(COC1OC(CO)C(O)C(O)C1O)NC(=O)CCCCCCCCCCCCCCCCCCCCCCCCCCCCCCCCC. The van der Waals surface area contributed by atoms with Crippen LogP contribution in [0.1, 0.15) is 367 Å². The van der Waals surface area contributed by atoms with Gasteiger partial charge in [-0.25, -0.2) is 0 Å². The lowest BCUT2D eigenvalue weighted by Gasteiger charge is -2.40. The Hall–Kier alpha value is -1.59. The maximum absolute atomic E-state index is 13.1. The zero-order valence-electron chi connectivity index (χ0n) is 54.3. The third kappa shape index (κ3) is 50.6. The van der Waals surface area contributed by atoms with E-state index in [-0.39, 0.29) is 12.5 Å². The van der Waals surface area contributed by atoms with Crippen LogP contribution in [0.4, 0.5) is 0 Å². The zero-order chi connectivity index (χ0) is 59.3. The van der Waals surface area contributed by atoms with Gasteiger partial charge in [0.2, 0.25) is 5.91 Å². The van der Waals surface area contributed by atoms with Gasteiger partial charge in [-0.15, -0.1) is 0 Å². The van der Waals surface area contributed by atoms with Crippen molar-refractivity contribution in [2.45, 2.75) is 410 Å². The molecule has 9 heteroatoms. The summed E-state index contributed by atoms with van der Waals surface area (Å²) in [6.45, 7) is 3.82. The van der Waals surface area contributed by atoms with Crippen molar-refractivity contribution in [2.75, 3.05) is 13.2 Å². The molecule has 6 N–H and O–H groups in total. The van der Waals surface area contributed by atoms with Gasteiger partial charge >= 0.3 is 0 Å². The van der Waals surface area contributed by atoms with Crippen molar-refractivity contribution in [1.29, 1.82) is 0 Å². The lowest BCUT2D eigenvalue weighted by atomic mass is 9.99. The molecule has 0 spiro atoms. The van der Waals surface area contributed by atoms with E-state index in [0.29, 0.717) is 6.42 Å². The minimum Gasteiger partial charge on any atom is -0.394 e. The van der Waals surface area contributed by atoms with E-state index in [1.165, 1.54) is 302 Å². The van der Waals surface area contributed by atoms with E-state index < -0.39 is 49.5 Å². The Morgan fingerprint density at radius 3 is 1.02 bits per heavy atom. The molecule has 7 unspecified atom stereocenters. The average Bonchev–Trinajstić information content (AvgIpc) is 3.54. The number of ether oxygens (including phenoxy) is 2. The number of amides is 1. The first-order valence-electron chi connectivity index (χ1n) is 36.2. The monoisotopic (exact) mass is 1160 g/mol. The number of carbonyl (C=O) groups excluding carboxylic acids is 1. The summed E-state index contributed by atoms with van der Waals surface area (Å²) in [4.78, 5) is 13.1. The molecule has 0 aromatic rings. The van der Waals surface area contributed by atoms with Crippen LogP contribution < -0.4 is 5.32 Å². The topological polar surface area (TPSA) is 149 Å². The number of hydrogen-bond acceptors (Lipinski definition) is 8. The fourth-order valence-electron chi connectivity index (χ4n) is 11.8. The van der Waals surface area contributed by atoms with Crippen molar-refractivity contribution in [2.24, 2.45) is 0 Å². The van der Waals surface area contributed by atoms with Crippen LogP contribution in [0, 0.1) is 0 Å². The lowest BCUT2D eigenvalue weighted by molar-refractivity contribution is -0.302. The van der Waals surface area contributed by atoms with Crippen LogP contribution in [-0.2, 0) is 14.3 Å².